The Bertz CT molecular complexity index is 1260. The summed E-state index contributed by atoms with van der Waals surface area (Å²) in [5.74, 6) is 0.303. The average molecular weight is 443 g/mol. The van der Waals surface area contributed by atoms with Crippen molar-refractivity contribution in [2.75, 3.05) is 12.4 Å². The Kier molecular flexibility index (Phi) is 6.01. The van der Waals surface area contributed by atoms with Gasteiger partial charge in [0.05, 0.1) is 24.8 Å². The zero-order valence-corrected chi connectivity index (χ0v) is 18.9. The van der Waals surface area contributed by atoms with Gasteiger partial charge in [0.25, 0.3) is 5.91 Å². The second-order valence-corrected chi connectivity index (χ2v) is 8.76. The molecule has 0 saturated carbocycles. The van der Waals surface area contributed by atoms with Gasteiger partial charge in [-0.2, -0.15) is 0 Å². The van der Waals surface area contributed by atoms with Crippen LogP contribution in [0.15, 0.2) is 71.7 Å². The van der Waals surface area contributed by atoms with Gasteiger partial charge in [0.2, 0.25) is 0 Å². The Morgan fingerprint density at radius 1 is 1.03 bits per heavy atom. The molecule has 0 aromatic heterocycles. The summed E-state index contributed by atoms with van der Waals surface area (Å²) in [6.07, 6.45) is 0.913. The number of carbonyl (C=O) groups excluding carboxylic acids is 2. The number of anilines is 1. The SMILES string of the molecule is COc1ccc2c(c1)C(CC(=O)c1cccc(C(=O)Nc3cccc(O)c3)c1)=NC(C)(C)C2. The second-order valence-electron chi connectivity index (χ2n) is 8.76. The number of Topliss-reactive ketones (excluding diaryl/α,β-unsaturated/α-hetero) is 1. The first kappa shape index (κ1) is 22.3. The summed E-state index contributed by atoms with van der Waals surface area (Å²) in [4.78, 5) is 30.7. The van der Waals surface area contributed by atoms with Crippen LogP contribution >= 0.6 is 0 Å². The molecule has 6 nitrogen and oxygen atoms in total. The first-order valence-electron chi connectivity index (χ1n) is 10.7. The van der Waals surface area contributed by atoms with Crippen LogP contribution in [0.4, 0.5) is 5.69 Å². The number of rotatable bonds is 6. The number of nitrogens with one attached hydrogen (secondary N) is 1. The fourth-order valence-corrected chi connectivity index (χ4v) is 4.05. The van der Waals surface area contributed by atoms with Gasteiger partial charge in [-0.1, -0.05) is 24.3 Å². The fraction of sp³-hybridized carbons (Fsp3) is 0.222. The van der Waals surface area contributed by atoms with E-state index >= 15 is 0 Å². The Morgan fingerprint density at radius 3 is 2.55 bits per heavy atom. The molecule has 1 aliphatic heterocycles. The van der Waals surface area contributed by atoms with Gasteiger partial charge in [0.1, 0.15) is 11.5 Å². The van der Waals surface area contributed by atoms with Crippen LogP contribution in [0.25, 0.3) is 0 Å². The quantitative estimate of drug-likeness (QED) is 0.523. The zero-order valence-electron chi connectivity index (χ0n) is 18.9. The van der Waals surface area contributed by atoms with Gasteiger partial charge in [0, 0.05) is 28.4 Å². The van der Waals surface area contributed by atoms with Crippen molar-refractivity contribution in [3.8, 4) is 11.5 Å². The molecule has 0 fully saturated rings. The van der Waals surface area contributed by atoms with E-state index in [-0.39, 0.29) is 29.4 Å². The molecule has 0 atom stereocenters. The van der Waals surface area contributed by atoms with E-state index in [0.717, 1.165) is 29.0 Å². The van der Waals surface area contributed by atoms with Gasteiger partial charge in [0.15, 0.2) is 5.78 Å². The summed E-state index contributed by atoms with van der Waals surface area (Å²) in [5, 5.41) is 12.3. The number of amides is 1. The minimum atomic E-state index is -0.360. The number of fused-ring (bicyclic) bond motifs is 1. The highest BCUT2D eigenvalue weighted by Gasteiger charge is 2.28. The smallest absolute Gasteiger partial charge is 0.255 e. The molecule has 0 bridgehead atoms. The molecule has 1 aliphatic rings. The van der Waals surface area contributed by atoms with Crippen LogP contribution in [0.3, 0.4) is 0 Å². The number of ether oxygens (including phenoxy) is 1. The number of carbonyl (C=O) groups is 2. The van der Waals surface area contributed by atoms with Gasteiger partial charge >= 0.3 is 0 Å². The lowest BCUT2D eigenvalue weighted by Crippen LogP contribution is -2.30. The molecule has 1 heterocycles. The third-order valence-electron chi connectivity index (χ3n) is 5.57. The van der Waals surface area contributed by atoms with Crippen LogP contribution < -0.4 is 10.1 Å². The molecule has 33 heavy (non-hydrogen) atoms. The summed E-state index contributed by atoms with van der Waals surface area (Å²) >= 11 is 0. The van der Waals surface area contributed by atoms with Crippen molar-refractivity contribution >= 4 is 23.1 Å². The Balaban J connectivity index is 1.57. The van der Waals surface area contributed by atoms with Crippen LogP contribution in [0, 0.1) is 0 Å². The lowest BCUT2D eigenvalue weighted by molar-refractivity contribution is 0.100. The maximum atomic E-state index is 13.2. The maximum absolute atomic E-state index is 13.2. The molecule has 6 heteroatoms. The fourth-order valence-electron chi connectivity index (χ4n) is 4.05. The summed E-state index contributed by atoms with van der Waals surface area (Å²) in [6, 6.07) is 18.8. The van der Waals surface area contributed by atoms with Crippen molar-refractivity contribution in [2.45, 2.75) is 32.2 Å². The van der Waals surface area contributed by atoms with Gasteiger partial charge in [-0.05, 0) is 62.2 Å². The van der Waals surface area contributed by atoms with Crippen LogP contribution in [-0.4, -0.2) is 35.2 Å². The van der Waals surface area contributed by atoms with Crippen LogP contribution in [0.2, 0.25) is 0 Å². The van der Waals surface area contributed by atoms with E-state index in [4.69, 9.17) is 9.73 Å². The van der Waals surface area contributed by atoms with E-state index in [2.05, 4.69) is 19.2 Å². The predicted molar refractivity (Wildman–Crippen MR) is 129 cm³/mol. The number of methoxy groups -OCH3 is 1. The van der Waals surface area contributed by atoms with Gasteiger partial charge in [-0.15, -0.1) is 0 Å². The van der Waals surface area contributed by atoms with Crippen molar-refractivity contribution in [3.63, 3.8) is 0 Å². The summed E-state index contributed by atoms with van der Waals surface area (Å²) in [5.41, 5.74) is 3.75. The minimum Gasteiger partial charge on any atom is -0.508 e. The van der Waals surface area contributed by atoms with Crippen molar-refractivity contribution in [3.05, 3.63) is 89.0 Å². The van der Waals surface area contributed by atoms with E-state index in [9.17, 15) is 14.7 Å². The molecule has 168 valence electrons. The molecule has 0 aliphatic carbocycles. The number of benzene rings is 3. The highest BCUT2D eigenvalue weighted by Crippen LogP contribution is 2.31. The first-order valence-corrected chi connectivity index (χ1v) is 10.7. The molecule has 4 rings (SSSR count). The third kappa shape index (κ3) is 5.12. The average Bonchev–Trinajstić information content (AvgIpc) is 2.78. The number of hydrogen-bond acceptors (Lipinski definition) is 5. The molecule has 0 unspecified atom stereocenters. The number of phenols is 1. The number of nitrogens with zero attached hydrogens (tertiary/aromatic N) is 1. The molecule has 0 radical (unpaired) electrons. The number of hydrogen-bond donors (Lipinski definition) is 2. The molecule has 2 N–H and O–H groups in total. The van der Waals surface area contributed by atoms with Crippen molar-refractivity contribution < 1.29 is 19.4 Å². The second kappa shape index (κ2) is 8.90. The predicted octanol–water partition coefficient (Wildman–Crippen LogP) is 5.05. The standard InChI is InChI=1S/C27H26N2O4/c1-27(2)16-19-10-11-22(33-3)14-23(19)24(29-27)15-25(31)17-6-4-7-18(12-17)26(32)28-20-8-5-9-21(30)13-20/h4-14,30H,15-16H2,1-3H3,(H,28,32). The van der Waals surface area contributed by atoms with E-state index < -0.39 is 0 Å². The highest BCUT2D eigenvalue weighted by molar-refractivity contribution is 6.17. The molecule has 0 saturated heterocycles. The lowest BCUT2D eigenvalue weighted by atomic mass is 9.85. The number of phenolic OH excluding ortho intramolecular Hbond substituents is 1. The first-order chi connectivity index (χ1) is 15.7. The normalized spacial score (nSPS) is 14.1. The Morgan fingerprint density at radius 2 is 1.79 bits per heavy atom. The van der Waals surface area contributed by atoms with Crippen molar-refractivity contribution in [2.24, 2.45) is 4.99 Å². The Hall–Kier alpha value is -3.93. The zero-order chi connectivity index (χ0) is 23.6. The van der Waals surface area contributed by atoms with Gasteiger partial charge in [-0.3, -0.25) is 14.6 Å². The maximum Gasteiger partial charge on any atom is 0.255 e. The molecular weight excluding hydrogens is 416 g/mol. The lowest BCUT2D eigenvalue weighted by Gasteiger charge is -2.29. The highest BCUT2D eigenvalue weighted by atomic mass is 16.5. The van der Waals surface area contributed by atoms with Crippen LogP contribution in [-0.2, 0) is 6.42 Å². The van der Waals surface area contributed by atoms with Crippen LogP contribution in [0.1, 0.15) is 52.1 Å². The number of aromatic hydroxyl groups is 1. The summed E-state index contributed by atoms with van der Waals surface area (Å²) in [6.45, 7) is 4.11. The van der Waals surface area contributed by atoms with Gasteiger partial charge < -0.3 is 15.2 Å². The number of aliphatic imine (C=N–C) groups is 1. The molecule has 0 spiro atoms. The van der Waals surface area contributed by atoms with Crippen LogP contribution in [0.5, 0.6) is 11.5 Å². The van der Waals surface area contributed by atoms with E-state index in [1.165, 1.54) is 12.1 Å². The topological polar surface area (TPSA) is 88.0 Å². The van der Waals surface area contributed by atoms with Crippen molar-refractivity contribution in [1.82, 2.24) is 0 Å². The van der Waals surface area contributed by atoms with Gasteiger partial charge in [-0.25, -0.2) is 0 Å². The molecular formula is C27H26N2O4. The minimum absolute atomic E-state index is 0.0600. The molecule has 3 aromatic carbocycles. The number of ketones is 1. The largest absolute Gasteiger partial charge is 0.508 e. The van der Waals surface area contributed by atoms with E-state index in [1.807, 2.05) is 18.2 Å². The summed E-state index contributed by atoms with van der Waals surface area (Å²) in [7, 11) is 1.61. The van der Waals surface area contributed by atoms with E-state index in [0.29, 0.717) is 16.8 Å². The van der Waals surface area contributed by atoms with E-state index in [1.54, 1.807) is 43.5 Å². The molecule has 1 amide bonds. The van der Waals surface area contributed by atoms with Crippen molar-refractivity contribution in [1.29, 1.82) is 0 Å². The Labute approximate surface area is 193 Å². The summed E-state index contributed by atoms with van der Waals surface area (Å²) < 4.78 is 5.37. The third-order valence-corrected chi connectivity index (χ3v) is 5.57. The molecule has 3 aromatic rings. The monoisotopic (exact) mass is 442 g/mol.